The molecule has 5 nitrogen and oxygen atoms in total. The van der Waals surface area contributed by atoms with Crippen LogP contribution in [0.3, 0.4) is 0 Å². The molecule has 1 saturated heterocycles. The lowest BCUT2D eigenvalue weighted by Crippen LogP contribution is -2.30. The Bertz CT molecular complexity index is 380. The van der Waals surface area contributed by atoms with Gasteiger partial charge in [0.1, 0.15) is 0 Å². The highest BCUT2D eigenvalue weighted by atomic mass is 32.1. The van der Waals surface area contributed by atoms with Crippen molar-refractivity contribution in [2.75, 3.05) is 20.1 Å². The van der Waals surface area contributed by atoms with Crippen LogP contribution in [0.15, 0.2) is 11.4 Å². The van der Waals surface area contributed by atoms with Gasteiger partial charge in [-0.2, -0.15) is 0 Å². The van der Waals surface area contributed by atoms with Crippen molar-refractivity contribution < 1.29 is 4.92 Å². The quantitative estimate of drug-likeness (QED) is 0.640. The molecule has 88 valence electrons. The standard InChI is InChI=1S/C10H15N3O2S/c1-12-3-2-9(6-12)11-5-8-4-10(13(14)15)16-7-8/h4,7,9,11H,2-3,5-6H2,1H3. The molecule has 1 aliphatic rings. The molecule has 6 heteroatoms. The number of likely N-dealkylation sites (N-methyl/N-ethyl adjacent to an activating group) is 1. The number of nitro groups is 1. The molecule has 0 bridgehead atoms. The second-order valence-corrected chi connectivity index (χ2v) is 5.07. The summed E-state index contributed by atoms with van der Waals surface area (Å²) in [6, 6.07) is 2.17. The maximum Gasteiger partial charge on any atom is 0.324 e. The molecule has 1 aromatic rings. The molecule has 16 heavy (non-hydrogen) atoms. The summed E-state index contributed by atoms with van der Waals surface area (Å²) in [4.78, 5) is 12.5. The molecule has 0 aromatic carbocycles. The summed E-state index contributed by atoms with van der Waals surface area (Å²) < 4.78 is 0. The third kappa shape index (κ3) is 2.78. The van der Waals surface area contributed by atoms with E-state index in [-0.39, 0.29) is 9.92 Å². The summed E-state index contributed by atoms with van der Waals surface area (Å²) in [7, 11) is 2.11. The van der Waals surface area contributed by atoms with Gasteiger partial charge in [0.05, 0.1) is 4.92 Å². The van der Waals surface area contributed by atoms with Crippen molar-refractivity contribution in [3.05, 3.63) is 27.1 Å². The molecule has 0 spiro atoms. The van der Waals surface area contributed by atoms with Crippen molar-refractivity contribution in [3.63, 3.8) is 0 Å². The summed E-state index contributed by atoms with van der Waals surface area (Å²) in [5.41, 5.74) is 1.01. The van der Waals surface area contributed by atoms with Crippen molar-refractivity contribution in [2.45, 2.75) is 19.0 Å². The number of thiophene rings is 1. The fourth-order valence-corrected chi connectivity index (χ4v) is 2.64. The van der Waals surface area contributed by atoms with Crippen LogP contribution in [0.1, 0.15) is 12.0 Å². The van der Waals surface area contributed by atoms with Crippen LogP contribution in [-0.4, -0.2) is 36.0 Å². The molecule has 1 aromatic heterocycles. The van der Waals surface area contributed by atoms with Gasteiger partial charge in [-0.15, -0.1) is 0 Å². The normalized spacial score (nSPS) is 21.4. The van der Waals surface area contributed by atoms with Crippen LogP contribution < -0.4 is 5.32 Å². The Hall–Kier alpha value is -0.980. The predicted octanol–water partition coefficient (Wildman–Crippen LogP) is 1.45. The number of hydrogen-bond acceptors (Lipinski definition) is 5. The Kier molecular flexibility index (Phi) is 3.52. The summed E-state index contributed by atoms with van der Waals surface area (Å²) >= 11 is 1.19. The molecule has 1 N–H and O–H groups in total. The van der Waals surface area contributed by atoms with E-state index in [0.717, 1.165) is 31.6 Å². The average molecular weight is 241 g/mol. The molecule has 1 fully saturated rings. The Labute approximate surface area is 98.2 Å². The molecule has 1 unspecified atom stereocenters. The Balaban J connectivity index is 1.83. The molecule has 0 saturated carbocycles. The molecule has 0 radical (unpaired) electrons. The first kappa shape index (κ1) is 11.5. The van der Waals surface area contributed by atoms with Gasteiger partial charge < -0.3 is 10.2 Å². The molecule has 2 rings (SSSR count). The highest BCUT2D eigenvalue weighted by Gasteiger charge is 2.19. The van der Waals surface area contributed by atoms with Gasteiger partial charge in [0.25, 0.3) is 0 Å². The zero-order valence-electron chi connectivity index (χ0n) is 9.18. The first-order chi connectivity index (χ1) is 7.65. The van der Waals surface area contributed by atoms with E-state index in [1.807, 2.05) is 5.38 Å². The van der Waals surface area contributed by atoms with Crippen molar-refractivity contribution in [1.29, 1.82) is 0 Å². The third-order valence-electron chi connectivity index (χ3n) is 2.81. The van der Waals surface area contributed by atoms with Crippen molar-refractivity contribution in [2.24, 2.45) is 0 Å². The lowest BCUT2D eigenvalue weighted by molar-refractivity contribution is -0.380. The van der Waals surface area contributed by atoms with Gasteiger partial charge >= 0.3 is 5.00 Å². The first-order valence-electron chi connectivity index (χ1n) is 5.29. The highest BCUT2D eigenvalue weighted by Crippen LogP contribution is 2.22. The average Bonchev–Trinajstić information content (AvgIpc) is 2.83. The molecule has 2 heterocycles. The minimum Gasteiger partial charge on any atom is -0.309 e. The summed E-state index contributed by atoms with van der Waals surface area (Å²) in [5, 5.41) is 16.0. The van der Waals surface area contributed by atoms with Gasteiger partial charge in [0.2, 0.25) is 0 Å². The van der Waals surface area contributed by atoms with Crippen LogP contribution in [0.2, 0.25) is 0 Å². The van der Waals surface area contributed by atoms with E-state index in [2.05, 4.69) is 17.3 Å². The fourth-order valence-electron chi connectivity index (χ4n) is 1.91. The summed E-state index contributed by atoms with van der Waals surface area (Å²) in [5.74, 6) is 0. The van der Waals surface area contributed by atoms with Crippen LogP contribution in [0.4, 0.5) is 5.00 Å². The van der Waals surface area contributed by atoms with E-state index < -0.39 is 0 Å². The van der Waals surface area contributed by atoms with Crippen molar-refractivity contribution >= 4 is 16.3 Å². The van der Waals surface area contributed by atoms with Crippen molar-refractivity contribution in [1.82, 2.24) is 10.2 Å². The Morgan fingerprint density at radius 3 is 3.12 bits per heavy atom. The van der Waals surface area contributed by atoms with Crippen LogP contribution >= 0.6 is 11.3 Å². The van der Waals surface area contributed by atoms with Crippen LogP contribution in [-0.2, 0) is 6.54 Å². The molecule has 0 amide bonds. The SMILES string of the molecule is CN1CCC(NCc2csc([N+](=O)[O-])c2)C1. The monoisotopic (exact) mass is 241 g/mol. The lowest BCUT2D eigenvalue weighted by Gasteiger charge is -2.11. The summed E-state index contributed by atoms with van der Waals surface area (Å²) in [6.45, 7) is 2.91. The number of likely N-dealkylation sites (tertiary alicyclic amines) is 1. The van der Waals surface area contributed by atoms with E-state index in [0.29, 0.717) is 6.04 Å². The maximum atomic E-state index is 10.5. The highest BCUT2D eigenvalue weighted by molar-refractivity contribution is 7.13. The zero-order chi connectivity index (χ0) is 11.5. The second kappa shape index (κ2) is 4.90. The topological polar surface area (TPSA) is 58.4 Å². The largest absolute Gasteiger partial charge is 0.324 e. The lowest BCUT2D eigenvalue weighted by atomic mass is 10.2. The van der Waals surface area contributed by atoms with Gasteiger partial charge in [0.15, 0.2) is 0 Å². The predicted molar refractivity (Wildman–Crippen MR) is 63.7 cm³/mol. The number of nitrogens with one attached hydrogen (secondary N) is 1. The molecule has 1 aliphatic heterocycles. The Morgan fingerprint density at radius 2 is 2.56 bits per heavy atom. The van der Waals surface area contributed by atoms with Gasteiger partial charge in [-0.25, -0.2) is 0 Å². The van der Waals surface area contributed by atoms with Crippen LogP contribution in [0.5, 0.6) is 0 Å². The number of hydrogen-bond donors (Lipinski definition) is 1. The van der Waals surface area contributed by atoms with E-state index in [1.54, 1.807) is 6.07 Å². The minimum absolute atomic E-state index is 0.223. The third-order valence-corrected chi connectivity index (χ3v) is 3.74. The first-order valence-corrected chi connectivity index (χ1v) is 6.17. The van der Waals surface area contributed by atoms with E-state index in [4.69, 9.17) is 0 Å². The maximum absolute atomic E-state index is 10.5. The smallest absolute Gasteiger partial charge is 0.309 e. The number of nitrogens with zero attached hydrogens (tertiary/aromatic N) is 2. The van der Waals surface area contributed by atoms with Crippen LogP contribution in [0, 0.1) is 10.1 Å². The number of rotatable bonds is 4. The van der Waals surface area contributed by atoms with Crippen LogP contribution in [0.25, 0.3) is 0 Å². The molecular formula is C10H15N3O2S. The molecular weight excluding hydrogens is 226 g/mol. The zero-order valence-corrected chi connectivity index (χ0v) is 10.00. The van der Waals surface area contributed by atoms with Crippen molar-refractivity contribution in [3.8, 4) is 0 Å². The van der Waals surface area contributed by atoms with Gasteiger partial charge in [-0.3, -0.25) is 10.1 Å². The molecule has 1 atom stereocenters. The Morgan fingerprint density at radius 1 is 1.75 bits per heavy atom. The second-order valence-electron chi connectivity index (χ2n) is 4.18. The van der Waals surface area contributed by atoms with Gasteiger partial charge in [0, 0.05) is 30.6 Å². The van der Waals surface area contributed by atoms with E-state index in [1.165, 1.54) is 11.3 Å². The van der Waals surface area contributed by atoms with Gasteiger partial charge in [-0.1, -0.05) is 11.3 Å². The molecule has 0 aliphatic carbocycles. The minimum atomic E-state index is -0.336. The summed E-state index contributed by atoms with van der Waals surface area (Å²) in [6.07, 6.45) is 1.16. The van der Waals surface area contributed by atoms with E-state index in [9.17, 15) is 10.1 Å². The van der Waals surface area contributed by atoms with E-state index >= 15 is 0 Å². The fraction of sp³-hybridized carbons (Fsp3) is 0.600. The van der Waals surface area contributed by atoms with Gasteiger partial charge in [-0.05, 0) is 25.6 Å².